The van der Waals surface area contributed by atoms with E-state index in [0.717, 1.165) is 37.8 Å². The maximum Gasteiger partial charge on any atom is 0.416 e. The lowest BCUT2D eigenvalue weighted by molar-refractivity contribution is -0.137. The summed E-state index contributed by atoms with van der Waals surface area (Å²) in [5, 5.41) is 5.71. The van der Waals surface area contributed by atoms with E-state index in [1.807, 2.05) is 0 Å². The highest BCUT2D eigenvalue weighted by Crippen LogP contribution is 2.43. The molecule has 30 heavy (non-hydrogen) atoms. The number of anilines is 2. The Kier molecular flexibility index (Phi) is 5.30. The fraction of sp³-hybridized carbons (Fsp3) is 0.391. The Hall–Kier alpha value is -2.83. The van der Waals surface area contributed by atoms with Crippen molar-refractivity contribution >= 4 is 23.2 Å². The number of carbonyl (C=O) groups is 2. The van der Waals surface area contributed by atoms with Gasteiger partial charge in [0.2, 0.25) is 11.8 Å². The summed E-state index contributed by atoms with van der Waals surface area (Å²) in [6, 6.07) is 11.9. The molecule has 0 aliphatic heterocycles. The lowest BCUT2D eigenvalue weighted by Gasteiger charge is -2.29. The summed E-state index contributed by atoms with van der Waals surface area (Å²) in [7, 11) is 0. The first kappa shape index (κ1) is 20.4. The molecule has 158 valence electrons. The van der Waals surface area contributed by atoms with Crippen LogP contribution in [0.1, 0.15) is 49.7 Å². The van der Waals surface area contributed by atoms with Gasteiger partial charge in [0.15, 0.2) is 0 Å². The van der Waals surface area contributed by atoms with Gasteiger partial charge in [-0.2, -0.15) is 13.2 Å². The summed E-state index contributed by atoms with van der Waals surface area (Å²) in [6.07, 6.45) is -0.122. The van der Waals surface area contributed by atoms with Gasteiger partial charge in [-0.05, 0) is 55.5 Å². The fourth-order valence-corrected chi connectivity index (χ4v) is 4.13. The molecule has 2 fully saturated rings. The average molecular weight is 416 g/mol. The zero-order valence-corrected chi connectivity index (χ0v) is 16.4. The van der Waals surface area contributed by atoms with E-state index in [-0.39, 0.29) is 17.7 Å². The third kappa shape index (κ3) is 4.20. The molecular weight excluding hydrogens is 393 g/mol. The average Bonchev–Trinajstić information content (AvgIpc) is 3.44. The van der Waals surface area contributed by atoms with E-state index in [2.05, 4.69) is 10.6 Å². The number of rotatable bonds is 5. The fourth-order valence-electron chi connectivity index (χ4n) is 4.13. The van der Waals surface area contributed by atoms with Crippen LogP contribution in [0.25, 0.3) is 0 Å². The third-order valence-electron chi connectivity index (χ3n) is 5.97. The molecule has 0 saturated heterocycles. The predicted molar refractivity (Wildman–Crippen MR) is 108 cm³/mol. The van der Waals surface area contributed by atoms with Gasteiger partial charge in [0, 0.05) is 17.3 Å². The predicted octanol–water partition coefficient (Wildman–Crippen LogP) is 5.50. The molecule has 7 heteroatoms. The summed E-state index contributed by atoms with van der Waals surface area (Å²) in [5.74, 6) is -0.286. The maximum atomic E-state index is 13.3. The quantitative estimate of drug-likeness (QED) is 0.676. The molecule has 0 aromatic heterocycles. The molecule has 0 atom stereocenters. The van der Waals surface area contributed by atoms with E-state index in [0.29, 0.717) is 29.8 Å². The summed E-state index contributed by atoms with van der Waals surface area (Å²) in [5.41, 5.74) is -0.250. The Balaban J connectivity index is 1.57. The Labute approximate surface area is 172 Å². The monoisotopic (exact) mass is 416 g/mol. The Morgan fingerprint density at radius 3 is 2.17 bits per heavy atom. The van der Waals surface area contributed by atoms with Crippen molar-refractivity contribution in [2.24, 2.45) is 5.92 Å². The molecule has 0 unspecified atom stereocenters. The number of alkyl halides is 3. The van der Waals surface area contributed by atoms with E-state index in [4.69, 9.17) is 0 Å². The number of benzene rings is 2. The van der Waals surface area contributed by atoms with Gasteiger partial charge < -0.3 is 10.6 Å². The molecule has 2 aliphatic rings. The number of nitrogens with one attached hydrogen (secondary N) is 2. The normalized spacial score (nSPS) is 18.1. The van der Waals surface area contributed by atoms with Crippen molar-refractivity contribution in [2.75, 3.05) is 10.6 Å². The van der Waals surface area contributed by atoms with Gasteiger partial charge in [-0.25, -0.2) is 0 Å². The Morgan fingerprint density at radius 2 is 1.53 bits per heavy atom. The minimum Gasteiger partial charge on any atom is -0.326 e. The van der Waals surface area contributed by atoms with Gasteiger partial charge >= 0.3 is 6.18 Å². The lowest BCUT2D eigenvalue weighted by atomic mass is 9.77. The van der Waals surface area contributed by atoms with Crippen LogP contribution in [0.15, 0.2) is 48.5 Å². The molecule has 2 N–H and O–H groups in total. The first-order valence-electron chi connectivity index (χ1n) is 10.2. The molecule has 2 amide bonds. The van der Waals surface area contributed by atoms with E-state index >= 15 is 0 Å². The molecule has 0 bridgehead atoms. The molecule has 2 aromatic carbocycles. The first-order valence-corrected chi connectivity index (χ1v) is 10.2. The molecule has 4 nitrogen and oxygen atoms in total. The SMILES string of the molecule is O=C(Nc1cccc(NC(=O)C2(c3cccc(C(F)(F)F)c3)CCCC2)c1)C1CC1. The number of hydrogen-bond donors (Lipinski definition) is 2. The van der Waals surface area contributed by atoms with E-state index in [1.165, 1.54) is 6.07 Å². The van der Waals surface area contributed by atoms with Crippen LogP contribution in [0, 0.1) is 5.92 Å². The van der Waals surface area contributed by atoms with Crippen molar-refractivity contribution in [2.45, 2.75) is 50.1 Å². The number of hydrogen-bond acceptors (Lipinski definition) is 2. The Bertz CT molecular complexity index is 961. The minimum atomic E-state index is -4.46. The van der Waals surface area contributed by atoms with Gasteiger partial charge in [-0.3, -0.25) is 9.59 Å². The number of halogens is 3. The molecular formula is C23H23F3N2O2. The van der Waals surface area contributed by atoms with Crippen molar-refractivity contribution in [1.82, 2.24) is 0 Å². The van der Waals surface area contributed by atoms with E-state index < -0.39 is 17.2 Å². The second-order valence-corrected chi connectivity index (χ2v) is 8.17. The van der Waals surface area contributed by atoms with Gasteiger partial charge in [-0.1, -0.05) is 37.1 Å². The molecule has 2 aromatic rings. The molecule has 4 rings (SSSR count). The van der Waals surface area contributed by atoms with Crippen molar-refractivity contribution in [1.29, 1.82) is 0 Å². The van der Waals surface area contributed by atoms with Crippen molar-refractivity contribution in [3.63, 3.8) is 0 Å². The minimum absolute atomic E-state index is 0.0327. The number of carbonyl (C=O) groups excluding carboxylic acids is 2. The lowest BCUT2D eigenvalue weighted by Crippen LogP contribution is -2.38. The van der Waals surface area contributed by atoms with Gasteiger partial charge in [0.1, 0.15) is 0 Å². The van der Waals surface area contributed by atoms with Crippen LogP contribution in [0.2, 0.25) is 0 Å². The van der Waals surface area contributed by atoms with Gasteiger partial charge in [-0.15, -0.1) is 0 Å². The van der Waals surface area contributed by atoms with Crippen LogP contribution in [0.4, 0.5) is 24.5 Å². The molecule has 2 saturated carbocycles. The Morgan fingerprint density at radius 1 is 0.900 bits per heavy atom. The molecule has 2 aliphatic carbocycles. The smallest absolute Gasteiger partial charge is 0.326 e. The second kappa shape index (κ2) is 7.78. The third-order valence-corrected chi connectivity index (χ3v) is 5.97. The van der Waals surface area contributed by atoms with Crippen molar-refractivity contribution in [3.05, 3.63) is 59.7 Å². The highest BCUT2D eigenvalue weighted by atomic mass is 19.4. The molecule has 0 radical (unpaired) electrons. The van der Waals surface area contributed by atoms with Crippen molar-refractivity contribution in [3.8, 4) is 0 Å². The maximum absolute atomic E-state index is 13.3. The largest absolute Gasteiger partial charge is 0.416 e. The van der Waals surface area contributed by atoms with Crippen LogP contribution in [0.5, 0.6) is 0 Å². The van der Waals surface area contributed by atoms with Crippen LogP contribution in [-0.4, -0.2) is 11.8 Å². The zero-order chi connectivity index (χ0) is 21.4. The summed E-state index contributed by atoms with van der Waals surface area (Å²) >= 11 is 0. The van der Waals surface area contributed by atoms with Crippen molar-refractivity contribution < 1.29 is 22.8 Å². The van der Waals surface area contributed by atoms with Gasteiger partial charge in [0.25, 0.3) is 0 Å². The van der Waals surface area contributed by atoms with Gasteiger partial charge in [0.05, 0.1) is 11.0 Å². The first-order chi connectivity index (χ1) is 14.3. The van der Waals surface area contributed by atoms with E-state index in [1.54, 1.807) is 30.3 Å². The van der Waals surface area contributed by atoms with Crippen LogP contribution >= 0.6 is 0 Å². The highest BCUT2D eigenvalue weighted by Gasteiger charge is 2.44. The summed E-state index contributed by atoms with van der Waals surface area (Å²) < 4.78 is 39.6. The molecule has 0 spiro atoms. The summed E-state index contributed by atoms with van der Waals surface area (Å²) in [4.78, 5) is 25.2. The number of amides is 2. The van der Waals surface area contributed by atoms with Crippen LogP contribution < -0.4 is 10.6 Å². The van der Waals surface area contributed by atoms with Crippen LogP contribution in [-0.2, 0) is 21.2 Å². The molecule has 0 heterocycles. The topological polar surface area (TPSA) is 58.2 Å². The van der Waals surface area contributed by atoms with Crippen LogP contribution in [0.3, 0.4) is 0 Å². The van der Waals surface area contributed by atoms with E-state index in [9.17, 15) is 22.8 Å². The second-order valence-electron chi connectivity index (χ2n) is 8.17. The zero-order valence-electron chi connectivity index (χ0n) is 16.4. The summed E-state index contributed by atoms with van der Waals surface area (Å²) in [6.45, 7) is 0. The highest BCUT2D eigenvalue weighted by molar-refractivity contribution is 6.00. The standard InChI is InChI=1S/C23H23F3N2O2/c24-23(25,26)17-6-3-5-16(13-17)22(11-1-2-12-22)21(30)28-19-8-4-7-18(14-19)27-20(29)15-9-10-15/h3-8,13-15H,1-2,9-12H2,(H,27,29)(H,28,30).